The molecule has 0 aliphatic carbocycles. The van der Waals surface area contributed by atoms with E-state index in [-0.39, 0.29) is 16.7 Å². The molecule has 140 valence electrons. The molecule has 2 aromatic carbocycles. The van der Waals surface area contributed by atoms with Gasteiger partial charge in [0.25, 0.3) is 5.91 Å². The van der Waals surface area contributed by atoms with E-state index >= 15 is 0 Å². The van der Waals surface area contributed by atoms with Gasteiger partial charge in [0.15, 0.2) is 0 Å². The van der Waals surface area contributed by atoms with Gasteiger partial charge in [-0.15, -0.1) is 0 Å². The molecule has 3 rings (SSSR count). The van der Waals surface area contributed by atoms with Crippen molar-refractivity contribution in [3.05, 3.63) is 83.7 Å². The average molecular weight is 423 g/mol. The summed E-state index contributed by atoms with van der Waals surface area (Å²) in [5.74, 6) is -0.276. The maximum absolute atomic E-state index is 12.1. The number of hydrogen-bond donors (Lipinski definition) is 3. The first-order chi connectivity index (χ1) is 12.9. The van der Waals surface area contributed by atoms with Crippen molar-refractivity contribution in [2.75, 3.05) is 6.54 Å². The third-order valence-electron chi connectivity index (χ3n) is 3.97. The van der Waals surface area contributed by atoms with Gasteiger partial charge in [0.05, 0.1) is 14.9 Å². The number of benzene rings is 2. The number of hydrogen-bond acceptors (Lipinski definition) is 4. The normalized spacial score (nSPS) is 10.7. The van der Waals surface area contributed by atoms with Crippen LogP contribution < -0.4 is 10.2 Å². The van der Waals surface area contributed by atoms with Crippen LogP contribution in [0.15, 0.2) is 47.3 Å². The number of aromatic amines is 1. The van der Waals surface area contributed by atoms with E-state index in [0.29, 0.717) is 39.9 Å². The number of halogens is 2. The van der Waals surface area contributed by atoms with Crippen molar-refractivity contribution in [1.82, 2.24) is 10.3 Å². The molecule has 1 heterocycles. The van der Waals surface area contributed by atoms with Gasteiger partial charge in [0, 0.05) is 18.5 Å². The van der Waals surface area contributed by atoms with Crippen LogP contribution in [0.5, 0.6) is 5.88 Å². The third-order valence-corrected chi connectivity index (χ3v) is 5.58. The van der Waals surface area contributed by atoms with Gasteiger partial charge in [0.1, 0.15) is 0 Å². The molecule has 27 heavy (non-hydrogen) atoms. The molecule has 3 N–H and O–H groups in total. The zero-order chi connectivity index (χ0) is 19.4. The van der Waals surface area contributed by atoms with Gasteiger partial charge in [0.2, 0.25) is 5.88 Å². The topological polar surface area (TPSA) is 82.2 Å². The number of H-pyrrole nitrogens is 1. The Morgan fingerprint density at radius 1 is 1.07 bits per heavy atom. The highest BCUT2D eigenvalue weighted by Gasteiger charge is 2.09. The smallest absolute Gasteiger partial charge is 0.307 e. The van der Waals surface area contributed by atoms with Crippen molar-refractivity contribution >= 4 is 40.4 Å². The van der Waals surface area contributed by atoms with Gasteiger partial charge in [-0.05, 0) is 35.7 Å². The van der Waals surface area contributed by atoms with E-state index in [0.717, 1.165) is 22.5 Å². The largest absolute Gasteiger partial charge is 0.494 e. The number of amides is 1. The fourth-order valence-electron chi connectivity index (χ4n) is 2.54. The standard InChI is InChI=1S/C19H16Cl2N2O3S/c20-14-6-5-13(10-15(14)21)17(24)22-8-7-11-1-3-12(4-2-11)9-16-18(25)23-19(26)27-16/h1-6,10,25H,7-9H2,(H,22,24)(H,23,26). The predicted octanol–water partition coefficient (Wildman–Crippen LogP) is 4.01. The van der Waals surface area contributed by atoms with Crippen LogP contribution >= 0.6 is 34.5 Å². The number of rotatable bonds is 6. The van der Waals surface area contributed by atoms with Crippen LogP contribution in [-0.4, -0.2) is 22.5 Å². The van der Waals surface area contributed by atoms with E-state index in [1.54, 1.807) is 18.2 Å². The molecule has 0 atom stereocenters. The molecule has 8 heteroatoms. The van der Waals surface area contributed by atoms with Crippen LogP contribution in [0.3, 0.4) is 0 Å². The quantitative estimate of drug-likeness (QED) is 0.560. The first-order valence-corrected chi connectivity index (χ1v) is 9.71. The molecular formula is C19H16Cl2N2O3S. The van der Waals surface area contributed by atoms with Crippen molar-refractivity contribution in [2.45, 2.75) is 12.8 Å². The fraction of sp³-hybridized carbons (Fsp3) is 0.158. The highest BCUT2D eigenvalue weighted by atomic mass is 35.5. The number of aromatic hydroxyl groups is 1. The Morgan fingerprint density at radius 2 is 1.78 bits per heavy atom. The van der Waals surface area contributed by atoms with E-state index < -0.39 is 0 Å². The molecule has 0 aliphatic rings. The fourth-order valence-corrected chi connectivity index (χ4v) is 3.60. The Bertz CT molecular complexity index is 1010. The number of nitrogens with one attached hydrogen (secondary N) is 2. The summed E-state index contributed by atoms with van der Waals surface area (Å²) in [7, 11) is 0. The summed E-state index contributed by atoms with van der Waals surface area (Å²) < 4.78 is 0. The van der Waals surface area contributed by atoms with Crippen LogP contribution in [0.1, 0.15) is 26.4 Å². The third kappa shape index (κ3) is 5.13. The predicted molar refractivity (Wildman–Crippen MR) is 108 cm³/mol. The zero-order valence-corrected chi connectivity index (χ0v) is 16.4. The van der Waals surface area contributed by atoms with Gasteiger partial charge in [-0.25, -0.2) is 0 Å². The summed E-state index contributed by atoms with van der Waals surface area (Å²) >= 11 is 12.8. The number of aromatic nitrogens is 1. The SMILES string of the molecule is O=C(NCCc1ccc(Cc2sc(=O)[nH]c2O)cc1)c1ccc(Cl)c(Cl)c1. The molecule has 0 spiro atoms. The Hall–Kier alpha value is -2.28. The van der Waals surface area contributed by atoms with Crippen molar-refractivity contribution in [2.24, 2.45) is 0 Å². The summed E-state index contributed by atoms with van der Waals surface area (Å²) in [4.78, 5) is 26.1. The van der Waals surface area contributed by atoms with Gasteiger partial charge < -0.3 is 10.4 Å². The van der Waals surface area contributed by atoms with Gasteiger partial charge in [-0.2, -0.15) is 0 Å². The highest BCUT2D eigenvalue weighted by Crippen LogP contribution is 2.22. The molecule has 5 nitrogen and oxygen atoms in total. The van der Waals surface area contributed by atoms with Crippen LogP contribution in [0.4, 0.5) is 0 Å². The zero-order valence-electron chi connectivity index (χ0n) is 14.1. The lowest BCUT2D eigenvalue weighted by Crippen LogP contribution is -2.25. The maximum Gasteiger partial charge on any atom is 0.307 e. The molecule has 0 saturated carbocycles. The van der Waals surface area contributed by atoms with E-state index in [1.165, 1.54) is 0 Å². The van der Waals surface area contributed by atoms with E-state index in [9.17, 15) is 14.7 Å². The minimum absolute atomic E-state index is 0.0703. The summed E-state index contributed by atoms with van der Waals surface area (Å²) in [5.41, 5.74) is 2.52. The summed E-state index contributed by atoms with van der Waals surface area (Å²) in [6, 6.07) is 12.6. The maximum atomic E-state index is 12.1. The van der Waals surface area contributed by atoms with E-state index in [1.807, 2.05) is 24.3 Å². The Labute approximate surface area is 169 Å². The number of carbonyl (C=O) groups excluding carboxylic acids is 1. The second kappa shape index (κ2) is 8.61. The molecule has 0 bridgehead atoms. The van der Waals surface area contributed by atoms with E-state index in [2.05, 4.69) is 10.3 Å². The van der Waals surface area contributed by atoms with Crippen molar-refractivity contribution in [1.29, 1.82) is 0 Å². The highest BCUT2D eigenvalue weighted by molar-refractivity contribution is 7.09. The van der Waals surface area contributed by atoms with Crippen LogP contribution in [0.2, 0.25) is 10.0 Å². The molecule has 1 aromatic heterocycles. The molecule has 0 unspecified atom stereocenters. The first-order valence-electron chi connectivity index (χ1n) is 8.14. The molecule has 3 aromatic rings. The molecule has 0 saturated heterocycles. The lowest BCUT2D eigenvalue weighted by molar-refractivity contribution is 0.0954. The number of carbonyl (C=O) groups is 1. The molecule has 0 aliphatic heterocycles. The molecular weight excluding hydrogens is 407 g/mol. The lowest BCUT2D eigenvalue weighted by Gasteiger charge is -2.07. The second-order valence-electron chi connectivity index (χ2n) is 5.91. The lowest BCUT2D eigenvalue weighted by atomic mass is 10.1. The summed E-state index contributed by atoms with van der Waals surface area (Å²) in [5, 5.41) is 13.2. The minimum Gasteiger partial charge on any atom is -0.494 e. The first kappa shape index (κ1) is 19.5. The molecule has 1 amide bonds. The van der Waals surface area contributed by atoms with Crippen LogP contribution in [0, 0.1) is 0 Å². The van der Waals surface area contributed by atoms with Crippen LogP contribution in [-0.2, 0) is 12.8 Å². The second-order valence-corrected chi connectivity index (χ2v) is 7.80. The summed E-state index contributed by atoms with van der Waals surface area (Å²) in [6.07, 6.45) is 1.17. The van der Waals surface area contributed by atoms with Gasteiger partial charge >= 0.3 is 4.87 Å². The minimum atomic E-state index is -0.267. The average Bonchev–Trinajstić information content (AvgIpc) is 2.95. The summed E-state index contributed by atoms with van der Waals surface area (Å²) in [6.45, 7) is 0.485. The van der Waals surface area contributed by atoms with Crippen LogP contribution in [0.25, 0.3) is 0 Å². The Morgan fingerprint density at radius 3 is 2.41 bits per heavy atom. The Kier molecular flexibility index (Phi) is 6.21. The van der Waals surface area contributed by atoms with Gasteiger partial charge in [-0.1, -0.05) is 58.8 Å². The Balaban J connectivity index is 1.52. The van der Waals surface area contributed by atoms with Crippen molar-refractivity contribution < 1.29 is 9.90 Å². The molecule has 0 fully saturated rings. The van der Waals surface area contributed by atoms with Crippen molar-refractivity contribution in [3.8, 4) is 5.88 Å². The molecule has 0 radical (unpaired) electrons. The van der Waals surface area contributed by atoms with E-state index in [4.69, 9.17) is 23.2 Å². The van der Waals surface area contributed by atoms with Crippen molar-refractivity contribution in [3.63, 3.8) is 0 Å². The van der Waals surface area contributed by atoms with Gasteiger partial charge in [-0.3, -0.25) is 14.6 Å². The monoisotopic (exact) mass is 422 g/mol. The number of thiazole rings is 1.